The molecule has 0 atom stereocenters. The van der Waals surface area contributed by atoms with Gasteiger partial charge in [-0.3, -0.25) is 0 Å². The van der Waals surface area contributed by atoms with E-state index in [4.69, 9.17) is 5.26 Å². The fourth-order valence-electron chi connectivity index (χ4n) is 1.68. The Bertz CT molecular complexity index is 392. The number of hydrogen-bond acceptors (Lipinski definition) is 4. The van der Waals surface area contributed by atoms with Crippen LogP contribution in [0.25, 0.3) is 0 Å². The number of rotatable bonds is 5. The summed E-state index contributed by atoms with van der Waals surface area (Å²) >= 11 is 0. The van der Waals surface area contributed by atoms with Gasteiger partial charge in [0, 0.05) is 25.3 Å². The van der Waals surface area contributed by atoms with Crippen LogP contribution in [0.3, 0.4) is 0 Å². The van der Waals surface area contributed by atoms with Gasteiger partial charge in [-0.05, 0) is 32.0 Å². The highest BCUT2D eigenvalue weighted by Gasteiger charge is 2.25. The zero-order valence-electron chi connectivity index (χ0n) is 9.48. The number of aromatic nitrogens is 1. The minimum atomic E-state index is 0.608. The fourth-order valence-corrected chi connectivity index (χ4v) is 1.68. The van der Waals surface area contributed by atoms with Crippen molar-refractivity contribution in [3.05, 3.63) is 23.9 Å². The molecule has 1 aromatic heterocycles. The van der Waals surface area contributed by atoms with Crippen LogP contribution in [-0.2, 0) is 0 Å². The molecular formula is C12H16N4. The molecule has 0 aromatic carbocycles. The van der Waals surface area contributed by atoms with E-state index in [2.05, 4.69) is 28.3 Å². The second-order valence-electron chi connectivity index (χ2n) is 4.15. The number of anilines is 1. The van der Waals surface area contributed by atoms with Gasteiger partial charge in [-0.15, -0.1) is 0 Å². The van der Waals surface area contributed by atoms with Crippen LogP contribution in [-0.4, -0.2) is 36.1 Å². The van der Waals surface area contributed by atoms with E-state index in [1.54, 1.807) is 18.3 Å². The lowest BCUT2D eigenvalue weighted by molar-refractivity contribution is 0.337. The van der Waals surface area contributed by atoms with Gasteiger partial charge in [-0.1, -0.05) is 0 Å². The van der Waals surface area contributed by atoms with E-state index in [0.717, 1.165) is 19.1 Å². The van der Waals surface area contributed by atoms with Crippen LogP contribution in [0, 0.1) is 11.3 Å². The molecular weight excluding hydrogens is 200 g/mol. The van der Waals surface area contributed by atoms with E-state index in [9.17, 15) is 0 Å². The second kappa shape index (κ2) is 4.95. The van der Waals surface area contributed by atoms with Gasteiger partial charge in [0.05, 0.1) is 5.56 Å². The predicted molar refractivity (Wildman–Crippen MR) is 63.1 cm³/mol. The normalized spacial score (nSPS) is 14.8. The van der Waals surface area contributed by atoms with E-state index in [0.29, 0.717) is 11.4 Å². The quantitative estimate of drug-likeness (QED) is 0.809. The van der Waals surface area contributed by atoms with Crippen LogP contribution in [0.4, 0.5) is 5.82 Å². The molecule has 0 amide bonds. The lowest BCUT2D eigenvalue weighted by Crippen LogP contribution is -2.27. The Morgan fingerprint density at radius 1 is 1.62 bits per heavy atom. The Labute approximate surface area is 95.9 Å². The first-order chi connectivity index (χ1) is 7.81. The van der Waals surface area contributed by atoms with Crippen LogP contribution >= 0.6 is 0 Å². The largest absolute Gasteiger partial charge is 0.368 e. The number of hydrogen-bond donors (Lipinski definition) is 1. The highest BCUT2D eigenvalue weighted by Crippen LogP contribution is 2.24. The number of nitrogens with zero attached hydrogens (tertiary/aromatic N) is 3. The van der Waals surface area contributed by atoms with Crippen molar-refractivity contribution in [2.75, 3.05) is 25.5 Å². The molecule has 0 bridgehead atoms. The number of pyridine rings is 1. The van der Waals surface area contributed by atoms with Gasteiger partial charge < -0.3 is 10.2 Å². The molecule has 1 aliphatic carbocycles. The van der Waals surface area contributed by atoms with Crippen molar-refractivity contribution in [2.45, 2.75) is 18.9 Å². The number of nitrogens with one attached hydrogen (secondary N) is 1. The Balaban J connectivity index is 1.82. The minimum Gasteiger partial charge on any atom is -0.368 e. The Morgan fingerprint density at radius 2 is 2.44 bits per heavy atom. The molecule has 0 aliphatic heterocycles. The molecule has 4 heteroatoms. The molecule has 4 nitrogen and oxygen atoms in total. The SMILES string of the molecule is CN(CCNc1ncccc1C#N)C1CC1. The third-order valence-electron chi connectivity index (χ3n) is 2.86. The molecule has 1 fully saturated rings. The first-order valence-corrected chi connectivity index (χ1v) is 5.60. The topological polar surface area (TPSA) is 52.0 Å². The van der Waals surface area contributed by atoms with Crippen molar-refractivity contribution < 1.29 is 0 Å². The number of likely N-dealkylation sites (N-methyl/N-ethyl adjacent to an activating group) is 1. The standard InChI is InChI=1S/C12H16N4/c1-16(11-4-5-11)8-7-15-12-10(9-13)3-2-6-14-12/h2-3,6,11H,4-5,7-8H2,1H3,(H,14,15). The molecule has 0 saturated heterocycles. The number of nitriles is 1. The first-order valence-electron chi connectivity index (χ1n) is 5.60. The molecule has 1 aromatic rings. The van der Waals surface area contributed by atoms with Gasteiger partial charge in [-0.25, -0.2) is 4.98 Å². The molecule has 0 spiro atoms. The predicted octanol–water partition coefficient (Wildman–Crippen LogP) is 1.46. The van der Waals surface area contributed by atoms with Crippen molar-refractivity contribution in [3.63, 3.8) is 0 Å². The average Bonchev–Trinajstić information content (AvgIpc) is 3.13. The monoisotopic (exact) mass is 216 g/mol. The highest BCUT2D eigenvalue weighted by atomic mass is 15.2. The summed E-state index contributed by atoms with van der Waals surface area (Å²) in [5, 5.41) is 12.1. The zero-order chi connectivity index (χ0) is 11.4. The zero-order valence-corrected chi connectivity index (χ0v) is 9.48. The summed E-state index contributed by atoms with van der Waals surface area (Å²) in [4.78, 5) is 6.50. The summed E-state index contributed by atoms with van der Waals surface area (Å²) < 4.78 is 0. The summed E-state index contributed by atoms with van der Waals surface area (Å²) in [6.07, 6.45) is 4.35. The first kappa shape index (κ1) is 10.9. The summed E-state index contributed by atoms with van der Waals surface area (Å²) in [7, 11) is 2.14. The lowest BCUT2D eigenvalue weighted by Gasteiger charge is -2.16. The van der Waals surface area contributed by atoms with Gasteiger partial charge in [0.2, 0.25) is 0 Å². The Hall–Kier alpha value is -1.60. The van der Waals surface area contributed by atoms with Crippen molar-refractivity contribution in [1.29, 1.82) is 5.26 Å². The van der Waals surface area contributed by atoms with Gasteiger partial charge in [0.15, 0.2) is 0 Å². The van der Waals surface area contributed by atoms with Crippen LogP contribution in [0.1, 0.15) is 18.4 Å². The van der Waals surface area contributed by atoms with Crippen LogP contribution in [0.15, 0.2) is 18.3 Å². The third kappa shape index (κ3) is 2.71. The van der Waals surface area contributed by atoms with E-state index in [1.165, 1.54) is 12.8 Å². The Kier molecular flexibility index (Phi) is 3.37. The maximum atomic E-state index is 8.88. The second-order valence-corrected chi connectivity index (χ2v) is 4.15. The van der Waals surface area contributed by atoms with Gasteiger partial charge in [-0.2, -0.15) is 5.26 Å². The molecule has 0 radical (unpaired) electrons. The summed E-state index contributed by atoms with van der Waals surface area (Å²) in [5.41, 5.74) is 0.608. The summed E-state index contributed by atoms with van der Waals surface area (Å²) in [6.45, 7) is 1.82. The average molecular weight is 216 g/mol. The van der Waals surface area contributed by atoms with Gasteiger partial charge in [0.1, 0.15) is 11.9 Å². The van der Waals surface area contributed by atoms with Crippen LogP contribution in [0.5, 0.6) is 0 Å². The Morgan fingerprint density at radius 3 is 3.12 bits per heavy atom. The van der Waals surface area contributed by atoms with Crippen LogP contribution in [0.2, 0.25) is 0 Å². The molecule has 1 saturated carbocycles. The van der Waals surface area contributed by atoms with E-state index >= 15 is 0 Å². The van der Waals surface area contributed by atoms with Crippen LogP contribution < -0.4 is 5.32 Å². The summed E-state index contributed by atoms with van der Waals surface area (Å²) in [5.74, 6) is 0.689. The van der Waals surface area contributed by atoms with E-state index in [-0.39, 0.29) is 0 Å². The fraction of sp³-hybridized carbons (Fsp3) is 0.500. The van der Waals surface area contributed by atoms with Crippen molar-refractivity contribution >= 4 is 5.82 Å². The molecule has 0 unspecified atom stereocenters. The van der Waals surface area contributed by atoms with Crippen molar-refractivity contribution in [1.82, 2.24) is 9.88 Å². The maximum absolute atomic E-state index is 8.88. The summed E-state index contributed by atoms with van der Waals surface area (Å²) in [6, 6.07) is 6.46. The minimum absolute atomic E-state index is 0.608. The smallest absolute Gasteiger partial charge is 0.143 e. The molecule has 2 rings (SSSR count). The highest BCUT2D eigenvalue weighted by molar-refractivity contribution is 5.51. The lowest BCUT2D eigenvalue weighted by atomic mass is 10.3. The molecule has 1 heterocycles. The van der Waals surface area contributed by atoms with Gasteiger partial charge >= 0.3 is 0 Å². The van der Waals surface area contributed by atoms with Crippen molar-refractivity contribution in [3.8, 4) is 6.07 Å². The van der Waals surface area contributed by atoms with E-state index < -0.39 is 0 Å². The van der Waals surface area contributed by atoms with Crippen molar-refractivity contribution in [2.24, 2.45) is 0 Å². The maximum Gasteiger partial charge on any atom is 0.143 e. The molecule has 84 valence electrons. The molecule has 1 aliphatic rings. The molecule has 1 N–H and O–H groups in total. The molecule has 16 heavy (non-hydrogen) atoms. The third-order valence-corrected chi connectivity index (χ3v) is 2.86. The van der Waals surface area contributed by atoms with E-state index in [1.807, 2.05) is 0 Å². The van der Waals surface area contributed by atoms with Gasteiger partial charge in [0.25, 0.3) is 0 Å².